The minimum Gasteiger partial charge on any atom is -0.516 e. The molecule has 2 N–H and O–H groups in total. The molecule has 1 atom stereocenters. The van der Waals surface area contributed by atoms with Gasteiger partial charge in [-0.25, -0.2) is 0 Å². The van der Waals surface area contributed by atoms with E-state index in [1.54, 1.807) is 12.2 Å². The van der Waals surface area contributed by atoms with Gasteiger partial charge >= 0.3 is 0 Å². The molecule has 3 rings (SSSR count). The van der Waals surface area contributed by atoms with Crippen LogP contribution >= 0.6 is 0 Å². The van der Waals surface area contributed by atoms with Crippen molar-refractivity contribution in [2.75, 3.05) is 26.8 Å². The second-order valence-corrected chi connectivity index (χ2v) is 8.33. The highest BCUT2D eigenvalue weighted by Crippen LogP contribution is 2.36. The number of hydrogen-bond donors (Lipinski definition) is 2. The molecule has 1 fully saturated rings. The van der Waals surface area contributed by atoms with Crippen LogP contribution in [0.25, 0.3) is 11.1 Å². The van der Waals surface area contributed by atoms with Crippen molar-refractivity contribution in [2.24, 2.45) is 0 Å². The van der Waals surface area contributed by atoms with Crippen molar-refractivity contribution >= 4 is 11.1 Å². The molecule has 4 heteroatoms. The summed E-state index contributed by atoms with van der Waals surface area (Å²) in [5.74, 6) is 0.856. The molecule has 0 saturated carbocycles. The van der Waals surface area contributed by atoms with Gasteiger partial charge in [-0.2, -0.15) is 0 Å². The number of benzene rings is 2. The third kappa shape index (κ3) is 6.70. The Morgan fingerprint density at radius 1 is 1.12 bits per heavy atom. The van der Waals surface area contributed by atoms with Crippen molar-refractivity contribution in [1.29, 1.82) is 0 Å². The Morgan fingerprint density at radius 2 is 1.88 bits per heavy atom. The van der Waals surface area contributed by atoms with E-state index in [4.69, 9.17) is 4.74 Å². The van der Waals surface area contributed by atoms with Crippen molar-refractivity contribution in [3.8, 4) is 5.75 Å². The average molecular weight is 446 g/mol. The van der Waals surface area contributed by atoms with Crippen LogP contribution in [-0.2, 0) is 0 Å². The Hall–Kier alpha value is -3.08. The molecular weight excluding hydrogens is 410 g/mol. The summed E-state index contributed by atoms with van der Waals surface area (Å²) < 4.78 is 6.09. The minimum absolute atomic E-state index is 0.121. The lowest BCUT2D eigenvalue weighted by Gasteiger charge is -2.20. The number of likely N-dealkylation sites (tertiary alicyclic amines) is 1. The number of rotatable bonds is 11. The Labute approximate surface area is 197 Å². The lowest BCUT2D eigenvalue weighted by atomic mass is 9.87. The molecule has 33 heavy (non-hydrogen) atoms. The summed E-state index contributed by atoms with van der Waals surface area (Å²) in [4.78, 5) is 2.36. The maximum absolute atomic E-state index is 9.53. The zero-order valence-electron chi connectivity index (χ0n) is 19.5. The van der Waals surface area contributed by atoms with Crippen molar-refractivity contribution in [1.82, 2.24) is 4.90 Å². The second-order valence-electron chi connectivity index (χ2n) is 8.33. The zero-order chi connectivity index (χ0) is 23.5. The summed E-state index contributed by atoms with van der Waals surface area (Å²) in [7, 11) is 2.16. The summed E-state index contributed by atoms with van der Waals surface area (Å²) >= 11 is 0. The van der Waals surface area contributed by atoms with Crippen LogP contribution in [0.4, 0.5) is 0 Å². The van der Waals surface area contributed by atoms with Crippen molar-refractivity contribution in [3.05, 3.63) is 102 Å². The number of allylic oxidation sites excluding steroid dienone is 6. The average Bonchev–Trinajstić information content (AvgIpc) is 3.27. The summed E-state index contributed by atoms with van der Waals surface area (Å²) in [6, 6.07) is 18.9. The molecule has 1 aliphatic rings. The monoisotopic (exact) mass is 445 g/mol. The van der Waals surface area contributed by atoms with Crippen LogP contribution in [0.3, 0.4) is 0 Å². The maximum Gasteiger partial charge on any atom is 0.119 e. The maximum atomic E-state index is 9.53. The quantitative estimate of drug-likeness (QED) is 0.252. The van der Waals surface area contributed by atoms with Gasteiger partial charge in [-0.05, 0) is 85.3 Å². The first-order valence-electron chi connectivity index (χ1n) is 11.6. The van der Waals surface area contributed by atoms with Crippen LogP contribution in [0.2, 0.25) is 0 Å². The number of ether oxygens (including phenoxy) is 1. The van der Waals surface area contributed by atoms with E-state index in [1.807, 2.05) is 36.4 Å². The fraction of sp³-hybridized carbons (Fsp3) is 0.310. The number of aliphatic hydroxyl groups is 2. The van der Waals surface area contributed by atoms with Gasteiger partial charge in [-0.15, -0.1) is 0 Å². The first kappa shape index (κ1) is 24.6. The minimum atomic E-state index is 0.121. The van der Waals surface area contributed by atoms with Crippen LogP contribution in [0.1, 0.15) is 36.8 Å². The van der Waals surface area contributed by atoms with Gasteiger partial charge in [0.2, 0.25) is 0 Å². The summed E-state index contributed by atoms with van der Waals surface area (Å²) in [6.07, 6.45) is 10.1. The first-order valence-corrected chi connectivity index (χ1v) is 11.6. The molecule has 1 saturated heterocycles. The van der Waals surface area contributed by atoms with Gasteiger partial charge < -0.3 is 19.8 Å². The van der Waals surface area contributed by atoms with Gasteiger partial charge in [-0.1, -0.05) is 61.2 Å². The van der Waals surface area contributed by atoms with E-state index in [9.17, 15) is 10.2 Å². The molecule has 174 valence electrons. The Balaban J connectivity index is 1.99. The largest absolute Gasteiger partial charge is 0.516 e. The van der Waals surface area contributed by atoms with E-state index < -0.39 is 0 Å². The fourth-order valence-corrected chi connectivity index (χ4v) is 4.32. The summed E-state index contributed by atoms with van der Waals surface area (Å²) in [5, 5.41) is 18.8. The molecule has 0 bridgehead atoms. The molecule has 2 aromatic carbocycles. The smallest absolute Gasteiger partial charge is 0.119 e. The fourth-order valence-electron chi connectivity index (χ4n) is 4.32. The van der Waals surface area contributed by atoms with Gasteiger partial charge in [0, 0.05) is 12.6 Å². The molecule has 0 spiro atoms. The van der Waals surface area contributed by atoms with Crippen molar-refractivity contribution < 1.29 is 14.9 Å². The van der Waals surface area contributed by atoms with Crippen LogP contribution in [0.5, 0.6) is 5.75 Å². The number of hydrogen-bond acceptors (Lipinski definition) is 4. The van der Waals surface area contributed by atoms with Gasteiger partial charge in [-0.3, -0.25) is 0 Å². The van der Waals surface area contributed by atoms with Gasteiger partial charge in [0.05, 0.1) is 6.26 Å². The molecule has 0 amide bonds. The van der Waals surface area contributed by atoms with E-state index in [1.165, 1.54) is 12.8 Å². The zero-order valence-corrected chi connectivity index (χ0v) is 19.5. The van der Waals surface area contributed by atoms with Gasteiger partial charge in [0.15, 0.2) is 0 Å². The predicted molar refractivity (Wildman–Crippen MR) is 137 cm³/mol. The molecule has 1 heterocycles. The highest BCUT2D eigenvalue weighted by atomic mass is 16.5. The van der Waals surface area contributed by atoms with E-state index in [0.717, 1.165) is 52.8 Å². The topological polar surface area (TPSA) is 52.9 Å². The van der Waals surface area contributed by atoms with E-state index in [0.29, 0.717) is 19.1 Å². The van der Waals surface area contributed by atoms with Crippen LogP contribution in [0.15, 0.2) is 91.2 Å². The molecule has 0 radical (unpaired) electrons. The Morgan fingerprint density at radius 3 is 2.48 bits per heavy atom. The summed E-state index contributed by atoms with van der Waals surface area (Å²) in [6.45, 7) is 5.97. The molecule has 4 nitrogen and oxygen atoms in total. The highest BCUT2D eigenvalue weighted by molar-refractivity contribution is 5.99. The normalized spacial score (nSPS) is 17.9. The number of nitrogens with zero attached hydrogens (tertiary/aromatic N) is 1. The van der Waals surface area contributed by atoms with E-state index in [-0.39, 0.29) is 6.61 Å². The Kier molecular flexibility index (Phi) is 9.55. The first-order chi connectivity index (χ1) is 16.2. The van der Waals surface area contributed by atoms with Crippen LogP contribution in [0, 0.1) is 0 Å². The molecular formula is C29H35NO3. The van der Waals surface area contributed by atoms with Crippen LogP contribution in [-0.4, -0.2) is 48.0 Å². The molecule has 1 unspecified atom stereocenters. The van der Waals surface area contributed by atoms with Gasteiger partial charge in [0.1, 0.15) is 12.4 Å². The Bertz CT molecular complexity index is 974. The molecule has 2 aromatic rings. The van der Waals surface area contributed by atoms with Gasteiger partial charge in [0.25, 0.3) is 0 Å². The summed E-state index contributed by atoms with van der Waals surface area (Å²) in [5.41, 5.74) is 5.20. The van der Waals surface area contributed by atoms with Crippen molar-refractivity contribution in [3.63, 3.8) is 0 Å². The second kappa shape index (κ2) is 12.8. The van der Waals surface area contributed by atoms with E-state index in [2.05, 4.69) is 42.8 Å². The third-order valence-electron chi connectivity index (χ3n) is 6.14. The predicted octanol–water partition coefficient (Wildman–Crippen LogP) is 6.03. The van der Waals surface area contributed by atoms with Crippen molar-refractivity contribution in [2.45, 2.75) is 31.7 Å². The van der Waals surface area contributed by atoms with E-state index >= 15 is 0 Å². The number of likely N-dealkylation sites (N-methyl/N-ethyl adjacent to an activating group) is 1. The standard InChI is InChI=1S/C29H35NO3/c1-3-23(12-8-20-31)29(28(14-9-21-32)24-10-5-4-6-11-24)25-15-17-27(18-16-25)33-22-26-13-7-19-30(26)2/h3-6,8,10-12,15-18,20,26,31-32H,1,7,9,13-14,19,21-22H2,2H3/b20-8+,23-12+,29-28-. The lowest BCUT2D eigenvalue weighted by Crippen LogP contribution is -2.30. The molecule has 0 aromatic heterocycles. The molecule has 1 aliphatic heterocycles. The number of aliphatic hydroxyl groups excluding tert-OH is 2. The third-order valence-corrected chi connectivity index (χ3v) is 6.14. The lowest BCUT2D eigenvalue weighted by molar-refractivity contribution is 0.198. The molecule has 0 aliphatic carbocycles. The SMILES string of the molecule is C=CC(=C\C=C\O)/C(=C(\CCCO)c1ccccc1)c1ccc(OCC2CCCN2C)cc1. The highest BCUT2D eigenvalue weighted by Gasteiger charge is 2.21. The van der Waals surface area contributed by atoms with Crippen LogP contribution < -0.4 is 4.74 Å².